The van der Waals surface area contributed by atoms with Crippen molar-refractivity contribution in [2.45, 2.75) is 13.5 Å². The van der Waals surface area contributed by atoms with Crippen molar-refractivity contribution in [1.29, 1.82) is 0 Å². The summed E-state index contributed by atoms with van der Waals surface area (Å²) in [6.07, 6.45) is 0. The van der Waals surface area contributed by atoms with Crippen LogP contribution in [0.3, 0.4) is 0 Å². The van der Waals surface area contributed by atoms with Gasteiger partial charge >= 0.3 is 0 Å². The summed E-state index contributed by atoms with van der Waals surface area (Å²) in [6.45, 7) is 5.94. The Labute approximate surface area is 148 Å². The highest BCUT2D eigenvalue weighted by Gasteiger charge is 2.24. The van der Waals surface area contributed by atoms with E-state index in [4.69, 9.17) is 0 Å². The van der Waals surface area contributed by atoms with Gasteiger partial charge in [0.1, 0.15) is 5.75 Å². The zero-order valence-corrected chi connectivity index (χ0v) is 15.4. The molecule has 0 unspecified atom stereocenters. The normalized spacial score (nSPS) is 15.8. The summed E-state index contributed by atoms with van der Waals surface area (Å²) in [6, 6.07) is 9.36. The van der Waals surface area contributed by atoms with Gasteiger partial charge in [0.15, 0.2) is 0 Å². The van der Waals surface area contributed by atoms with E-state index in [2.05, 4.69) is 33.0 Å². The van der Waals surface area contributed by atoms with Crippen LogP contribution in [0.4, 0.5) is 0 Å². The van der Waals surface area contributed by atoms with Crippen molar-refractivity contribution in [2.24, 2.45) is 0 Å². The molecule has 122 valence electrons. The minimum absolute atomic E-state index is 0.0615. The molecule has 1 aromatic carbocycles. The first-order valence-corrected chi connectivity index (χ1v) is 9.19. The number of aryl methyl sites for hydroxylation is 1. The maximum atomic E-state index is 12.6. The van der Waals surface area contributed by atoms with Gasteiger partial charge in [0.25, 0.3) is 5.91 Å². The van der Waals surface area contributed by atoms with E-state index in [-0.39, 0.29) is 11.7 Å². The second-order valence-corrected chi connectivity index (χ2v) is 8.34. The summed E-state index contributed by atoms with van der Waals surface area (Å²) in [5, 5.41) is 9.92. The maximum absolute atomic E-state index is 12.6. The first-order valence-electron chi connectivity index (χ1n) is 7.58. The number of aromatic hydroxyl groups is 1. The van der Waals surface area contributed by atoms with Gasteiger partial charge in [-0.15, -0.1) is 11.3 Å². The van der Waals surface area contributed by atoms with Crippen LogP contribution in [0.25, 0.3) is 0 Å². The van der Waals surface area contributed by atoms with Crippen LogP contribution in [-0.2, 0) is 6.54 Å². The predicted octanol–water partition coefficient (Wildman–Crippen LogP) is 3.48. The van der Waals surface area contributed by atoms with Gasteiger partial charge in [-0.1, -0.05) is 11.6 Å². The molecule has 1 aromatic heterocycles. The van der Waals surface area contributed by atoms with Crippen LogP contribution in [0.1, 0.15) is 20.8 Å². The fourth-order valence-electron chi connectivity index (χ4n) is 2.76. The topological polar surface area (TPSA) is 43.8 Å². The molecule has 6 heteroatoms. The minimum Gasteiger partial charge on any atom is -0.507 e. The van der Waals surface area contributed by atoms with Crippen molar-refractivity contribution in [3.05, 3.63) is 50.1 Å². The lowest BCUT2D eigenvalue weighted by atomic mass is 10.1. The van der Waals surface area contributed by atoms with Crippen LogP contribution in [0, 0.1) is 6.92 Å². The minimum atomic E-state index is -0.0790. The molecule has 3 rings (SSSR count). The number of benzene rings is 1. The predicted molar refractivity (Wildman–Crippen MR) is 96.0 cm³/mol. The number of hydrogen-bond acceptors (Lipinski definition) is 4. The standard InChI is InChI=1S/C17H19BrN2O2S/c1-12-2-4-15(21)14(10-12)17(22)20-8-6-19(7-9-20)11-13-3-5-16(18)23-13/h2-5,10,21H,6-9,11H2,1H3. The van der Waals surface area contributed by atoms with Crippen LogP contribution in [0.5, 0.6) is 5.75 Å². The lowest BCUT2D eigenvalue weighted by Gasteiger charge is -2.34. The molecule has 2 heterocycles. The monoisotopic (exact) mass is 394 g/mol. The number of rotatable bonds is 3. The van der Waals surface area contributed by atoms with Crippen LogP contribution >= 0.6 is 27.3 Å². The van der Waals surface area contributed by atoms with Gasteiger partial charge in [-0.05, 0) is 47.1 Å². The molecule has 0 aliphatic carbocycles. The number of carbonyl (C=O) groups excluding carboxylic acids is 1. The molecule has 1 aliphatic heterocycles. The number of carbonyl (C=O) groups is 1. The van der Waals surface area contributed by atoms with Crippen LogP contribution in [-0.4, -0.2) is 47.0 Å². The highest BCUT2D eigenvalue weighted by atomic mass is 79.9. The van der Waals surface area contributed by atoms with E-state index < -0.39 is 0 Å². The first kappa shape index (κ1) is 16.5. The SMILES string of the molecule is Cc1ccc(O)c(C(=O)N2CCN(Cc3ccc(Br)s3)CC2)c1. The van der Waals surface area contributed by atoms with Gasteiger partial charge in [0.2, 0.25) is 0 Å². The summed E-state index contributed by atoms with van der Waals surface area (Å²) in [5.41, 5.74) is 1.38. The van der Waals surface area contributed by atoms with Crippen LogP contribution < -0.4 is 0 Å². The second kappa shape index (κ2) is 7.03. The molecule has 1 fully saturated rings. The largest absolute Gasteiger partial charge is 0.507 e. The molecule has 2 aromatic rings. The third kappa shape index (κ3) is 3.94. The smallest absolute Gasteiger partial charge is 0.257 e. The van der Waals surface area contributed by atoms with E-state index in [0.29, 0.717) is 18.7 Å². The zero-order chi connectivity index (χ0) is 16.4. The second-order valence-electron chi connectivity index (χ2n) is 5.79. The quantitative estimate of drug-likeness (QED) is 0.866. The van der Waals surface area contributed by atoms with Crippen molar-refractivity contribution in [1.82, 2.24) is 9.80 Å². The molecule has 1 N–H and O–H groups in total. The number of thiophene rings is 1. The lowest BCUT2D eigenvalue weighted by molar-refractivity contribution is 0.0626. The van der Waals surface area contributed by atoms with E-state index in [1.54, 1.807) is 23.5 Å². The summed E-state index contributed by atoms with van der Waals surface area (Å²) < 4.78 is 1.15. The number of phenolic OH excluding ortho intramolecular Hbond substituents is 1. The summed E-state index contributed by atoms with van der Waals surface area (Å²) >= 11 is 5.24. The highest BCUT2D eigenvalue weighted by molar-refractivity contribution is 9.11. The fourth-order valence-corrected chi connectivity index (χ4v) is 4.28. The molecule has 0 bridgehead atoms. The number of halogens is 1. The molecular weight excluding hydrogens is 376 g/mol. The van der Waals surface area contributed by atoms with Gasteiger partial charge in [-0.3, -0.25) is 9.69 Å². The molecule has 0 radical (unpaired) electrons. The van der Waals surface area contributed by atoms with Crippen molar-refractivity contribution < 1.29 is 9.90 Å². The van der Waals surface area contributed by atoms with E-state index >= 15 is 0 Å². The van der Waals surface area contributed by atoms with Gasteiger partial charge in [-0.2, -0.15) is 0 Å². The van der Waals surface area contributed by atoms with Gasteiger partial charge in [0.05, 0.1) is 9.35 Å². The fraction of sp³-hybridized carbons (Fsp3) is 0.353. The van der Waals surface area contributed by atoms with Crippen molar-refractivity contribution in [3.63, 3.8) is 0 Å². The van der Waals surface area contributed by atoms with Gasteiger partial charge < -0.3 is 10.0 Å². The van der Waals surface area contributed by atoms with Gasteiger partial charge in [-0.25, -0.2) is 0 Å². The number of hydrogen-bond donors (Lipinski definition) is 1. The van der Waals surface area contributed by atoms with Gasteiger partial charge in [0, 0.05) is 37.6 Å². The lowest BCUT2D eigenvalue weighted by Crippen LogP contribution is -2.48. The molecule has 0 spiro atoms. The van der Waals surface area contributed by atoms with E-state index in [1.165, 1.54) is 4.88 Å². The Balaban J connectivity index is 1.60. The molecule has 1 aliphatic rings. The molecule has 1 saturated heterocycles. The summed E-state index contributed by atoms with van der Waals surface area (Å²) in [4.78, 5) is 18.1. The molecular formula is C17H19BrN2O2S. The Morgan fingerprint density at radius 1 is 1.22 bits per heavy atom. The molecule has 1 amide bonds. The van der Waals surface area contributed by atoms with Crippen LogP contribution in [0.15, 0.2) is 34.1 Å². The van der Waals surface area contributed by atoms with E-state index in [9.17, 15) is 9.90 Å². The number of nitrogens with zero attached hydrogens (tertiary/aromatic N) is 2. The summed E-state index contributed by atoms with van der Waals surface area (Å²) in [5.74, 6) is -0.0174. The van der Waals surface area contributed by atoms with Crippen LogP contribution in [0.2, 0.25) is 0 Å². The number of amides is 1. The zero-order valence-electron chi connectivity index (χ0n) is 13.0. The van der Waals surface area contributed by atoms with E-state index in [1.807, 2.05) is 17.9 Å². The molecule has 0 saturated carbocycles. The van der Waals surface area contributed by atoms with Crippen molar-refractivity contribution >= 4 is 33.2 Å². The maximum Gasteiger partial charge on any atom is 0.257 e. The van der Waals surface area contributed by atoms with Crippen molar-refractivity contribution in [2.75, 3.05) is 26.2 Å². The Hall–Kier alpha value is -1.37. The highest BCUT2D eigenvalue weighted by Crippen LogP contribution is 2.24. The first-order chi connectivity index (χ1) is 11.0. The van der Waals surface area contributed by atoms with E-state index in [0.717, 1.165) is 29.0 Å². The molecule has 23 heavy (non-hydrogen) atoms. The Morgan fingerprint density at radius 2 is 1.96 bits per heavy atom. The average molecular weight is 395 g/mol. The Morgan fingerprint density at radius 3 is 2.61 bits per heavy atom. The average Bonchev–Trinajstić information content (AvgIpc) is 2.95. The Kier molecular flexibility index (Phi) is 5.04. The van der Waals surface area contributed by atoms with Crippen molar-refractivity contribution in [3.8, 4) is 5.75 Å². The summed E-state index contributed by atoms with van der Waals surface area (Å²) in [7, 11) is 0. The third-order valence-electron chi connectivity index (χ3n) is 4.05. The third-order valence-corrected chi connectivity index (χ3v) is 5.66. The Bertz CT molecular complexity index is 708. The molecule has 4 nitrogen and oxygen atoms in total. The number of piperazine rings is 1. The number of phenols is 1. The molecule has 0 atom stereocenters.